The summed E-state index contributed by atoms with van der Waals surface area (Å²) in [5.41, 5.74) is 2.87. The predicted octanol–water partition coefficient (Wildman–Crippen LogP) is 5.66. The van der Waals surface area contributed by atoms with Crippen LogP contribution in [0.3, 0.4) is 0 Å². The number of aromatic nitrogens is 2. The van der Waals surface area contributed by atoms with E-state index in [1.807, 2.05) is 24.3 Å². The van der Waals surface area contributed by atoms with Gasteiger partial charge in [0.05, 0.1) is 29.5 Å². The van der Waals surface area contributed by atoms with E-state index in [4.69, 9.17) is 31.1 Å². The Hall–Kier alpha value is -2.06. The highest BCUT2D eigenvalue weighted by atomic mass is 35.5. The first kappa shape index (κ1) is 26.0. The molecular weight excluding hydrogens is 462 g/mol. The Morgan fingerprint density at radius 3 is 2.69 bits per heavy atom. The number of pyridine rings is 2. The van der Waals surface area contributed by atoms with Crippen molar-refractivity contribution in [2.75, 3.05) is 32.1 Å². The smallest absolute Gasteiger partial charge is 0.152 e. The topological polar surface area (TPSA) is 80.7 Å². The van der Waals surface area contributed by atoms with Crippen molar-refractivity contribution in [3.05, 3.63) is 35.5 Å². The van der Waals surface area contributed by atoms with Gasteiger partial charge in [-0.3, -0.25) is 0 Å². The lowest BCUT2D eigenvalue weighted by atomic mass is 9.92. The minimum absolute atomic E-state index is 0.308. The molecule has 8 heteroatoms. The Kier molecular flexibility index (Phi) is 9.49. The summed E-state index contributed by atoms with van der Waals surface area (Å²) in [6.07, 6.45) is 8.57. The van der Waals surface area contributed by atoms with Gasteiger partial charge in [-0.15, -0.1) is 0 Å². The van der Waals surface area contributed by atoms with E-state index in [2.05, 4.69) is 29.5 Å². The molecule has 35 heavy (non-hydrogen) atoms. The second-order valence-corrected chi connectivity index (χ2v) is 10.2. The van der Waals surface area contributed by atoms with E-state index in [0.29, 0.717) is 35.0 Å². The number of methoxy groups -OCH3 is 1. The number of hydrogen-bond donors (Lipinski definition) is 2. The highest BCUT2D eigenvalue weighted by Gasteiger charge is 2.24. The third-order valence-corrected chi connectivity index (χ3v) is 7.11. The Balaban J connectivity index is 1.39. The van der Waals surface area contributed by atoms with Gasteiger partial charge in [0.25, 0.3) is 0 Å². The Morgan fingerprint density at radius 1 is 1.17 bits per heavy atom. The summed E-state index contributed by atoms with van der Waals surface area (Å²) >= 11 is 6.53. The molecule has 3 heterocycles. The number of hydrogen-bond acceptors (Lipinski definition) is 7. The Bertz CT molecular complexity index is 981. The van der Waals surface area contributed by atoms with E-state index in [9.17, 15) is 0 Å². The van der Waals surface area contributed by atoms with E-state index in [1.165, 1.54) is 5.71 Å². The second-order valence-electron chi connectivity index (χ2n) is 9.81. The van der Waals surface area contributed by atoms with Crippen molar-refractivity contribution in [1.82, 2.24) is 15.3 Å². The molecule has 2 fully saturated rings. The molecule has 0 radical (unpaired) electrons. The fourth-order valence-electron chi connectivity index (χ4n) is 5.12. The maximum atomic E-state index is 6.53. The molecule has 1 saturated carbocycles. The normalized spacial score (nSPS) is 24.9. The van der Waals surface area contributed by atoms with Gasteiger partial charge < -0.3 is 20.1 Å². The number of halogens is 1. The van der Waals surface area contributed by atoms with Crippen molar-refractivity contribution < 1.29 is 9.47 Å². The molecule has 1 aliphatic heterocycles. The highest BCUT2D eigenvalue weighted by Crippen LogP contribution is 2.31. The van der Waals surface area contributed by atoms with E-state index in [-0.39, 0.29) is 0 Å². The van der Waals surface area contributed by atoms with Crippen LogP contribution in [-0.2, 0) is 9.47 Å². The van der Waals surface area contributed by atoms with Gasteiger partial charge in [-0.25, -0.2) is 15.0 Å². The predicted molar refractivity (Wildman–Crippen MR) is 143 cm³/mol. The van der Waals surface area contributed by atoms with Crippen LogP contribution in [0.2, 0.25) is 5.02 Å². The van der Waals surface area contributed by atoms with Crippen LogP contribution in [-0.4, -0.2) is 60.7 Å². The van der Waals surface area contributed by atoms with E-state index >= 15 is 0 Å². The minimum atomic E-state index is 0.308. The molecule has 1 aliphatic carbocycles. The fourth-order valence-corrected chi connectivity index (χ4v) is 5.32. The van der Waals surface area contributed by atoms with Gasteiger partial charge in [-0.1, -0.05) is 17.7 Å². The first-order valence-electron chi connectivity index (χ1n) is 12.8. The van der Waals surface area contributed by atoms with Gasteiger partial charge in [0.2, 0.25) is 0 Å². The zero-order valence-electron chi connectivity index (χ0n) is 21.1. The summed E-state index contributed by atoms with van der Waals surface area (Å²) in [6, 6.07) is 8.49. The third kappa shape index (κ3) is 7.71. The fraction of sp³-hybridized carbons (Fsp3) is 0.593. The van der Waals surface area contributed by atoms with E-state index in [0.717, 1.165) is 75.3 Å². The quantitative estimate of drug-likeness (QED) is 0.433. The molecule has 0 aromatic carbocycles. The average molecular weight is 500 g/mol. The van der Waals surface area contributed by atoms with E-state index in [1.54, 1.807) is 13.3 Å². The maximum absolute atomic E-state index is 6.53. The van der Waals surface area contributed by atoms with E-state index < -0.39 is 0 Å². The average Bonchev–Trinajstić information content (AvgIpc) is 2.85. The molecule has 0 amide bonds. The van der Waals surface area contributed by atoms with Gasteiger partial charge in [-0.05, 0) is 76.5 Å². The monoisotopic (exact) mass is 499 g/mol. The zero-order chi connectivity index (χ0) is 24.6. The van der Waals surface area contributed by atoms with Crippen LogP contribution in [0, 0.1) is 5.92 Å². The molecule has 2 aromatic rings. The second kappa shape index (κ2) is 12.8. The zero-order valence-corrected chi connectivity index (χ0v) is 21.9. The molecule has 7 nitrogen and oxygen atoms in total. The summed E-state index contributed by atoms with van der Waals surface area (Å²) < 4.78 is 11.0. The number of nitrogens with zero attached hydrogens (tertiary/aromatic N) is 3. The van der Waals surface area contributed by atoms with Crippen LogP contribution in [0.5, 0.6) is 0 Å². The lowest BCUT2D eigenvalue weighted by Gasteiger charge is -2.32. The van der Waals surface area contributed by atoms with Crippen molar-refractivity contribution >= 4 is 28.9 Å². The number of rotatable bonds is 9. The molecular formula is C27H38ClN5O2. The number of ether oxygens (including phenoxy) is 2. The highest BCUT2D eigenvalue weighted by molar-refractivity contribution is 6.33. The van der Waals surface area contributed by atoms with Crippen LogP contribution in [0.4, 0.5) is 11.6 Å². The van der Waals surface area contributed by atoms with Crippen molar-refractivity contribution in [3.63, 3.8) is 0 Å². The van der Waals surface area contributed by atoms with Crippen LogP contribution in [0.25, 0.3) is 11.3 Å². The molecule has 190 valence electrons. The molecule has 4 rings (SSSR count). The van der Waals surface area contributed by atoms with Crippen LogP contribution in [0.1, 0.15) is 52.4 Å². The summed E-state index contributed by atoms with van der Waals surface area (Å²) in [7, 11) is 1.73. The summed E-state index contributed by atoms with van der Waals surface area (Å²) in [5, 5.41) is 7.65. The lowest BCUT2D eigenvalue weighted by Crippen LogP contribution is -2.35. The standard InChI is InChI=1S/C27H38ClN5O2/c1-18-13-20(14-19(2)35-18)16-30-26-6-4-5-25(33-26)23-15-27(31-17-24(23)28)32-22-9-7-21(8-10-22)29-11-12-34-3/h4-6,15,17-21,29H,7-14,16H2,1-3H3,(H,30,33)/t18-,19+,20?,21?. The molecule has 1 unspecified atom stereocenters. The van der Waals surface area contributed by atoms with Crippen molar-refractivity contribution in [1.29, 1.82) is 0 Å². The SMILES string of the molecule is COCCNC1CCC(=Nc2cc(-c3cccc(NCC4C[C@@H](C)O[C@@H](C)C4)n3)c(Cl)cn2)CC1. The van der Waals surface area contributed by atoms with Gasteiger partial charge in [0.1, 0.15) is 5.82 Å². The molecule has 3 atom stereocenters. The van der Waals surface area contributed by atoms with Crippen molar-refractivity contribution in [2.24, 2.45) is 10.9 Å². The van der Waals surface area contributed by atoms with Crippen LogP contribution < -0.4 is 10.6 Å². The molecule has 0 bridgehead atoms. The number of aliphatic imine (C=N–C) groups is 1. The Labute approximate surface area is 214 Å². The van der Waals surface area contributed by atoms with Gasteiger partial charge in [-0.2, -0.15) is 0 Å². The minimum Gasteiger partial charge on any atom is -0.383 e. The van der Waals surface area contributed by atoms with Crippen LogP contribution >= 0.6 is 11.6 Å². The van der Waals surface area contributed by atoms with Crippen LogP contribution in [0.15, 0.2) is 35.5 Å². The van der Waals surface area contributed by atoms with Gasteiger partial charge >= 0.3 is 0 Å². The first-order valence-corrected chi connectivity index (χ1v) is 13.2. The number of anilines is 1. The summed E-state index contributed by atoms with van der Waals surface area (Å²) in [4.78, 5) is 14.2. The third-order valence-electron chi connectivity index (χ3n) is 6.81. The molecule has 0 spiro atoms. The largest absolute Gasteiger partial charge is 0.383 e. The molecule has 1 saturated heterocycles. The lowest BCUT2D eigenvalue weighted by molar-refractivity contribution is -0.0495. The first-order chi connectivity index (χ1) is 17.0. The maximum Gasteiger partial charge on any atom is 0.152 e. The van der Waals surface area contributed by atoms with Gasteiger partial charge in [0, 0.05) is 43.7 Å². The van der Waals surface area contributed by atoms with Crippen molar-refractivity contribution in [2.45, 2.75) is 70.6 Å². The number of nitrogens with one attached hydrogen (secondary N) is 2. The van der Waals surface area contributed by atoms with Crippen molar-refractivity contribution in [3.8, 4) is 11.3 Å². The molecule has 2 aliphatic rings. The Morgan fingerprint density at radius 2 is 1.94 bits per heavy atom. The summed E-state index contributed by atoms with van der Waals surface area (Å²) in [5.74, 6) is 2.13. The summed E-state index contributed by atoms with van der Waals surface area (Å²) in [6.45, 7) is 6.83. The van der Waals surface area contributed by atoms with Gasteiger partial charge in [0.15, 0.2) is 5.82 Å². The molecule has 2 aromatic heterocycles. The molecule has 2 N–H and O–H groups in total.